The molecule has 0 aliphatic rings. The lowest BCUT2D eigenvalue weighted by molar-refractivity contribution is -0.384. The highest BCUT2D eigenvalue weighted by atomic mass is 16.6. The molecule has 0 bridgehead atoms. The van der Waals surface area contributed by atoms with Crippen LogP contribution < -0.4 is 5.32 Å². The Labute approximate surface area is 86.3 Å². The summed E-state index contributed by atoms with van der Waals surface area (Å²) in [7, 11) is 1.87. The van der Waals surface area contributed by atoms with E-state index in [2.05, 4.69) is 10.3 Å². The van der Waals surface area contributed by atoms with Crippen molar-refractivity contribution >= 4 is 16.6 Å². The van der Waals surface area contributed by atoms with E-state index in [1.807, 2.05) is 13.2 Å². The quantitative estimate of drug-likeness (QED) is 0.592. The van der Waals surface area contributed by atoms with Gasteiger partial charge in [-0.15, -0.1) is 0 Å². The molecule has 0 saturated carbocycles. The van der Waals surface area contributed by atoms with Gasteiger partial charge in [0.05, 0.1) is 10.4 Å². The highest BCUT2D eigenvalue weighted by Crippen LogP contribution is 2.22. The molecule has 0 aliphatic heterocycles. The Hall–Kier alpha value is -1.88. The van der Waals surface area contributed by atoms with Gasteiger partial charge in [0.15, 0.2) is 0 Å². The third kappa shape index (κ3) is 1.69. The zero-order valence-corrected chi connectivity index (χ0v) is 8.28. The van der Waals surface area contributed by atoms with E-state index in [1.165, 1.54) is 6.07 Å². The summed E-state index contributed by atoms with van der Waals surface area (Å²) in [5, 5.41) is 14.6. The van der Waals surface area contributed by atoms with Gasteiger partial charge in [0.2, 0.25) is 0 Å². The summed E-state index contributed by atoms with van der Waals surface area (Å²) >= 11 is 0. The molecule has 0 aliphatic carbocycles. The molecular formula is C10H11N3O2. The average Bonchev–Trinajstić information content (AvgIpc) is 2.61. The van der Waals surface area contributed by atoms with Crippen LogP contribution in [0.1, 0.15) is 5.56 Å². The molecule has 0 fully saturated rings. The van der Waals surface area contributed by atoms with Gasteiger partial charge < -0.3 is 10.3 Å². The molecule has 0 amide bonds. The van der Waals surface area contributed by atoms with Gasteiger partial charge in [-0.1, -0.05) is 0 Å². The summed E-state index contributed by atoms with van der Waals surface area (Å²) in [5.41, 5.74) is 2.03. The van der Waals surface area contributed by atoms with Crippen LogP contribution in [0.4, 0.5) is 5.69 Å². The smallest absolute Gasteiger partial charge is 0.271 e. The molecule has 2 aromatic rings. The van der Waals surface area contributed by atoms with Crippen molar-refractivity contribution in [1.29, 1.82) is 0 Å². The fourth-order valence-corrected chi connectivity index (χ4v) is 1.62. The molecule has 0 spiro atoms. The van der Waals surface area contributed by atoms with Crippen LogP contribution in [0, 0.1) is 10.1 Å². The van der Waals surface area contributed by atoms with Gasteiger partial charge in [-0.25, -0.2) is 0 Å². The van der Waals surface area contributed by atoms with Crippen molar-refractivity contribution in [3.8, 4) is 0 Å². The molecule has 5 nitrogen and oxygen atoms in total. The van der Waals surface area contributed by atoms with Crippen LogP contribution in [0.2, 0.25) is 0 Å². The Bertz CT molecular complexity index is 504. The summed E-state index contributed by atoms with van der Waals surface area (Å²) in [6, 6.07) is 4.85. The number of nitrogens with one attached hydrogen (secondary N) is 2. The highest BCUT2D eigenvalue weighted by Gasteiger charge is 2.09. The summed E-state index contributed by atoms with van der Waals surface area (Å²) in [4.78, 5) is 13.2. The number of H-pyrrole nitrogens is 1. The van der Waals surface area contributed by atoms with Crippen LogP contribution in [0.3, 0.4) is 0 Å². The predicted octanol–water partition coefficient (Wildman–Crippen LogP) is 1.80. The van der Waals surface area contributed by atoms with E-state index in [0.29, 0.717) is 0 Å². The van der Waals surface area contributed by atoms with Crippen LogP contribution in [0.15, 0.2) is 24.4 Å². The van der Waals surface area contributed by atoms with E-state index >= 15 is 0 Å². The minimum absolute atomic E-state index is 0.111. The molecule has 0 unspecified atom stereocenters. The lowest BCUT2D eigenvalue weighted by atomic mass is 10.1. The minimum Gasteiger partial charge on any atom is -0.361 e. The normalized spacial score (nSPS) is 10.7. The van der Waals surface area contributed by atoms with E-state index < -0.39 is 4.92 Å². The van der Waals surface area contributed by atoms with Crippen molar-refractivity contribution in [1.82, 2.24) is 10.3 Å². The maximum absolute atomic E-state index is 10.6. The van der Waals surface area contributed by atoms with Gasteiger partial charge in [-0.05, 0) is 18.7 Å². The SMILES string of the molecule is CNCc1c[nH]c2cc([N+](=O)[O-])ccc12. The minimum atomic E-state index is -0.391. The molecule has 15 heavy (non-hydrogen) atoms. The van der Waals surface area contributed by atoms with Gasteiger partial charge in [-0.2, -0.15) is 0 Å². The Balaban J connectivity index is 2.51. The first kappa shape index (κ1) is 9.67. The number of nitro groups is 1. The molecular weight excluding hydrogens is 194 g/mol. The van der Waals surface area contributed by atoms with Crippen LogP contribution in [0.25, 0.3) is 10.9 Å². The standard InChI is InChI=1S/C10H11N3O2/c1-11-5-7-6-12-10-4-8(13(14)15)2-3-9(7)10/h2-4,6,11-12H,5H2,1H3. The molecule has 78 valence electrons. The molecule has 1 heterocycles. The number of hydrogen-bond donors (Lipinski definition) is 2. The largest absolute Gasteiger partial charge is 0.361 e. The molecule has 2 N–H and O–H groups in total. The molecule has 0 atom stereocenters. The Morgan fingerprint density at radius 3 is 3.00 bits per heavy atom. The maximum Gasteiger partial charge on any atom is 0.271 e. The second-order valence-corrected chi connectivity index (χ2v) is 3.33. The number of nitro benzene ring substituents is 1. The van der Waals surface area contributed by atoms with E-state index in [0.717, 1.165) is 23.0 Å². The third-order valence-electron chi connectivity index (χ3n) is 2.33. The number of aromatic amines is 1. The van der Waals surface area contributed by atoms with Crippen molar-refractivity contribution in [3.63, 3.8) is 0 Å². The summed E-state index contributed by atoms with van der Waals surface area (Å²) in [5.74, 6) is 0. The lowest BCUT2D eigenvalue weighted by Gasteiger charge is -1.96. The van der Waals surface area contributed by atoms with E-state index in [-0.39, 0.29) is 5.69 Å². The number of aromatic nitrogens is 1. The molecule has 0 saturated heterocycles. The van der Waals surface area contributed by atoms with Crippen LogP contribution in [-0.2, 0) is 6.54 Å². The maximum atomic E-state index is 10.6. The number of nitrogens with zero attached hydrogens (tertiary/aromatic N) is 1. The second kappa shape index (κ2) is 3.70. The highest BCUT2D eigenvalue weighted by molar-refractivity contribution is 5.85. The summed E-state index contributed by atoms with van der Waals surface area (Å²) in [6.07, 6.45) is 1.87. The van der Waals surface area contributed by atoms with E-state index in [9.17, 15) is 10.1 Å². The summed E-state index contributed by atoms with van der Waals surface area (Å²) < 4.78 is 0. The Kier molecular flexibility index (Phi) is 2.39. The lowest BCUT2D eigenvalue weighted by Crippen LogP contribution is -2.03. The monoisotopic (exact) mass is 205 g/mol. The van der Waals surface area contributed by atoms with E-state index in [4.69, 9.17) is 0 Å². The molecule has 0 radical (unpaired) electrons. The predicted molar refractivity (Wildman–Crippen MR) is 57.7 cm³/mol. The Morgan fingerprint density at radius 2 is 2.33 bits per heavy atom. The van der Waals surface area contributed by atoms with Crippen molar-refractivity contribution in [2.45, 2.75) is 6.54 Å². The zero-order valence-electron chi connectivity index (χ0n) is 8.28. The van der Waals surface area contributed by atoms with Gasteiger partial charge >= 0.3 is 0 Å². The molecule has 1 aromatic heterocycles. The van der Waals surface area contributed by atoms with Gasteiger partial charge in [-0.3, -0.25) is 10.1 Å². The first-order chi connectivity index (χ1) is 7.22. The topological polar surface area (TPSA) is 71.0 Å². The number of hydrogen-bond acceptors (Lipinski definition) is 3. The number of non-ortho nitro benzene ring substituents is 1. The van der Waals surface area contributed by atoms with Crippen LogP contribution in [0.5, 0.6) is 0 Å². The van der Waals surface area contributed by atoms with Crippen LogP contribution >= 0.6 is 0 Å². The summed E-state index contributed by atoms with van der Waals surface area (Å²) in [6.45, 7) is 0.748. The zero-order chi connectivity index (χ0) is 10.8. The first-order valence-corrected chi connectivity index (χ1v) is 4.61. The third-order valence-corrected chi connectivity index (χ3v) is 2.33. The second-order valence-electron chi connectivity index (χ2n) is 3.33. The van der Waals surface area contributed by atoms with Gasteiger partial charge in [0.1, 0.15) is 0 Å². The fourth-order valence-electron chi connectivity index (χ4n) is 1.62. The molecule has 5 heteroatoms. The number of rotatable bonds is 3. The molecule has 2 rings (SSSR count). The average molecular weight is 205 g/mol. The van der Waals surface area contributed by atoms with Crippen molar-refractivity contribution < 1.29 is 4.92 Å². The van der Waals surface area contributed by atoms with Crippen molar-refractivity contribution in [3.05, 3.63) is 40.1 Å². The molecule has 1 aromatic carbocycles. The van der Waals surface area contributed by atoms with Crippen molar-refractivity contribution in [2.24, 2.45) is 0 Å². The fraction of sp³-hybridized carbons (Fsp3) is 0.200. The Morgan fingerprint density at radius 1 is 1.53 bits per heavy atom. The number of fused-ring (bicyclic) bond motifs is 1. The van der Waals surface area contributed by atoms with Crippen LogP contribution in [-0.4, -0.2) is 17.0 Å². The van der Waals surface area contributed by atoms with Gasteiger partial charge in [0.25, 0.3) is 5.69 Å². The first-order valence-electron chi connectivity index (χ1n) is 4.61. The van der Waals surface area contributed by atoms with Gasteiger partial charge in [0, 0.05) is 30.3 Å². The van der Waals surface area contributed by atoms with E-state index in [1.54, 1.807) is 12.1 Å². The number of benzene rings is 1. The van der Waals surface area contributed by atoms with Crippen molar-refractivity contribution in [2.75, 3.05) is 7.05 Å².